The van der Waals surface area contributed by atoms with Crippen molar-refractivity contribution in [1.82, 2.24) is 0 Å². The van der Waals surface area contributed by atoms with Crippen molar-refractivity contribution in [2.24, 2.45) is 0 Å². The Kier molecular flexibility index (Phi) is 10.6. The van der Waals surface area contributed by atoms with E-state index in [2.05, 4.69) is 76.1 Å². The molecule has 0 rings (SSSR count). The van der Waals surface area contributed by atoms with Gasteiger partial charge in [-0.25, -0.2) is 0 Å². The van der Waals surface area contributed by atoms with Crippen molar-refractivity contribution >= 4 is 62.3 Å². The second kappa shape index (κ2) is 9.62. The van der Waals surface area contributed by atoms with Crippen LogP contribution in [0.2, 0.25) is 0 Å². The van der Waals surface area contributed by atoms with Gasteiger partial charge in [-0.3, -0.25) is 0 Å². The van der Waals surface area contributed by atoms with Gasteiger partial charge in [-0.15, -0.1) is 11.8 Å². The van der Waals surface area contributed by atoms with E-state index < -0.39 is 0 Å². The lowest BCUT2D eigenvalue weighted by atomic mass is 10.0. The second-order valence-corrected chi connectivity index (χ2v) is 8.86. The maximum absolute atomic E-state index is 4.39. The summed E-state index contributed by atoms with van der Waals surface area (Å²) in [6, 6.07) is 0. The summed E-state index contributed by atoms with van der Waals surface area (Å²) in [5.74, 6) is 3.76. The van der Waals surface area contributed by atoms with Crippen molar-refractivity contribution in [2.45, 2.75) is 49.0 Å². The van der Waals surface area contributed by atoms with Crippen molar-refractivity contribution in [2.75, 3.05) is 23.0 Å². The third kappa shape index (κ3) is 7.81. The molecule has 0 fully saturated rings. The zero-order valence-corrected chi connectivity index (χ0v) is 15.2. The minimum atomic E-state index is 0.282. The summed E-state index contributed by atoms with van der Waals surface area (Å²) in [6.07, 6.45) is 4.54. The van der Waals surface area contributed by atoms with Crippen LogP contribution >= 0.6 is 62.3 Å². The van der Waals surface area contributed by atoms with Gasteiger partial charge in [0.2, 0.25) is 0 Å². The molecule has 0 aliphatic rings. The molecule has 0 aromatic carbocycles. The first kappa shape index (κ1) is 18.8. The van der Waals surface area contributed by atoms with Crippen molar-refractivity contribution in [3.05, 3.63) is 0 Å². The molecule has 0 saturated carbocycles. The molecule has 0 aromatic heterocycles. The molecule has 104 valence electrons. The average Bonchev–Trinajstić information content (AvgIpc) is 2.17. The first-order valence-electron chi connectivity index (χ1n) is 6.09. The topological polar surface area (TPSA) is 0 Å². The number of hydrogen-bond donors (Lipinski definition) is 4. The van der Waals surface area contributed by atoms with Gasteiger partial charge in [-0.2, -0.15) is 50.5 Å². The number of thioether (sulfide) groups is 1. The number of rotatable bonds is 10. The monoisotopic (exact) mass is 330 g/mol. The van der Waals surface area contributed by atoms with Gasteiger partial charge in [0.1, 0.15) is 0 Å². The molecule has 17 heavy (non-hydrogen) atoms. The standard InChI is InChI=1S/C12H26S5/c1-11(3-7-13,4-8-14)17-12(2,5-9-15)6-10-16/h13-16H,3-10H2,1-2H3. The maximum atomic E-state index is 4.39. The molecular formula is C12H26S5. The first-order chi connectivity index (χ1) is 7.95. The van der Waals surface area contributed by atoms with Crippen molar-refractivity contribution in [3.8, 4) is 0 Å². The molecule has 0 nitrogen and oxygen atoms in total. The minimum absolute atomic E-state index is 0.282. The predicted octanol–water partition coefficient (Wildman–Crippen LogP) is 4.52. The van der Waals surface area contributed by atoms with E-state index in [1.54, 1.807) is 0 Å². The summed E-state index contributed by atoms with van der Waals surface area (Å²) in [5, 5.41) is 0. The van der Waals surface area contributed by atoms with Gasteiger partial charge in [0.15, 0.2) is 0 Å². The Labute approximate surface area is 133 Å². The highest BCUT2D eigenvalue weighted by Gasteiger charge is 2.34. The van der Waals surface area contributed by atoms with E-state index in [1.165, 1.54) is 0 Å². The van der Waals surface area contributed by atoms with Crippen LogP contribution in [0.3, 0.4) is 0 Å². The van der Waals surface area contributed by atoms with Crippen LogP contribution in [-0.4, -0.2) is 32.5 Å². The molecule has 5 heteroatoms. The molecule has 0 amide bonds. The average molecular weight is 331 g/mol. The normalized spacial score (nSPS) is 13.1. The van der Waals surface area contributed by atoms with Crippen molar-refractivity contribution in [3.63, 3.8) is 0 Å². The SMILES string of the molecule is CC(CCS)(CCS)SC(C)(CCS)CCS. The van der Waals surface area contributed by atoms with Crippen LogP contribution < -0.4 is 0 Å². The summed E-state index contributed by atoms with van der Waals surface area (Å²) in [6.45, 7) is 4.69. The summed E-state index contributed by atoms with van der Waals surface area (Å²) in [7, 11) is 0. The molecule has 0 spiro atoms. The first-order valence-corrected chi connectivity index (χ1v) is 9.43. The molecule has 0 bridgehead atoms. The largest absolute Gasteiger partial charge is 0.179 e. The van der Waals surface area contributed by atoms with Crippen LogP contribution in [0, 0.1) is 0 Å². The van der Waals surface area contributed by atoms with Crippen LogP contribution in [0.15, 0.2) is 0 Å². The third-order valence-corrected chi connectivity index (χ3v) is 5.75. The van der Waals surface area contributed by atoms with Crippen molar-refractivity contribution < 1.29 is 0 Å². The van der Waals surface area contributed by atoms with Crippen LogP contribution in [0.4, 0.5) is 0 Å². The van der Waals surface area contributed by atoms with Crippen LogP contribution in [-0.2, 0) is 0 Å². The molecule has 0 N–H and O–H groups in total. The quantitative estimate of drug-likeness (QED) is 0.427. The molecule has 0 radical (unpaired) electrons. The summed E-state index contributed by atoms with van der Waals surface area (Å²) >= 11 is 19.7. The van der Waals surface area contributed by atoms with Gasteiger partial charge in [0, 0.05) is 9.49 Å². The Morgan fingerprint density at radius 3 is 1.06 bits per heavy atom. The molecule has 0 heterocycles. The maximum Gasteiger partial charge on any atom is 0.0152 e. The molecule has 0 aromatic rings. The van der Waals surface area contributed by atoms with Crippen LogP contribution in [0.25, 0.3) is 0 Å². The van der Waals surface area contributed by atoms with Gasteiger partial charge in [0.25, 0.3) is 0 Å². The smallest absolute Gasteiger partial charge is 0.0152 e. The summed E-state index contributed by atoms with van der Waals surface area (Å²) in [4.78, 5) is 0. The highest BCUT2D eigenvalue weighted by Crippen LogP contribution is 2.45. The summed E-state index contributed by atoms with van der Waals surface area (Å²) < 4.78 is 0.564. The van der Waals surface area contributed by atoms with Gasteiger partial charge in [0.05, 0.1) is 0 Å². The fourth-order valence-corrected chi connectivity index (χ4v) is 6.58. The predicted molar refractivity (Wildman–Crippen MR) is 98.3 cm³/mol. The number of hydrogen-bond acceptors (Lipinski definition) is 5. The lowest BCUT2D eigenvalue weighted by molar-refractivity contribution is 0.560. The van der Waals surface area contributed by atoms with E-state index in [1.807, 2.05) is 0 Å². The summed E-state index contributed by atoms with van der Waals surface area (Å²) in [5.41, 5.74) is 0. The lowest BCUT2D eigenvalue weighted by Crippen LogP contribution is -2.33. The van der Waals surface area contributed by atoms with E-state index in [9.17, 15) is 0 Å². The van der Waals surface area contributed by atoms with E-state index >= 15 is 0 Å². The Bertz CT molecular complexity index is 163. The van der Waals surface area contributed by atoms with Crippen LogP contribution in [0.5, 0.6) is 0 Å². The third-order valence-electron chi connectivity index (χ3n) is 3.06. The van der Waals surface area contributed by atoms with E-state index in [0.717, 1.165) is 48.7 Å². The Balaban J connectivity index is 4.65. The molecule has 0 aliphatic carbocycles. The second-order valence-electron chi connectivity index (χ2n) is 4.90. The van der Waals surface area contributed by atoms with E-state index in [0.29, 0.717) is 0 Å². The van der Waals surface area contributed by atoms with Crippen molar-refractivity contribution in [1.29, 1.82) is 0 Å². The highest BCUT2D eigenvalue weighted by atomic mass is 32.2. The van der Waals surface area contributed by atoms with Gasteiger partial charge in [-0.1, -0.05) is 13.8 Å². The zero-order valence-electron chi connectivity index (χ0n) is 10.9. The fraction of sp³-hybridized carbons (Fsp3) is 1.00. The minimum Gasteiger partial charge on any atom is -0.179 e. The van der Waals surface area contributed by atoms with E-state index in [-0.39, 0.29) is 9.49 Å². The highest BCUT2D eigenvalue weighted by molar-refractivity contribution is 8.02. The van der Waals surface area contributed by atoms with Crippen LogP contribution in [0.1, 0.15) is 39.5 Å². The number of thiol groups is 4. The molecule has 0 atom stereocenters. The van der Waals surface area contributed by atoms with Gasteiger partial charge >= 0.3 is 0 Å². The Morgan fingerprint density at radius 2 is 0.882 bits per heavy atom. The Morgan fingerprint density at radius 1 is 0.647 bits per heavy atom. The lowest BCUT2D eigenvalue weighted by Gasteiger charge is -2.39. The van der Waals surface area contributed by atoms with Gasteiger partial charge < -0.3 is 0 Å². The molecular weight excluding hydrogens is 304 g/mol. The fourth-order valence-electron chi connectivity index (χ4n) is 2.00. The Hall–Kier alpha value is 1.75. The van der Waals surface area contributed by atoms with E-state index in [4.69, 9.17) is 0 Å². The molecule has 0 unspecified atom stereocenters. The zero-order chi connectivity index (χ0) is 13.4. The van der Waals surface area contributed by atoms with Gasteiger partial charge in [-0.05, 0) is 48.7 Å². The molecule has 0 saturated heterocycles. The molecule has 0 aliphatic heterocycles.